The third-order valence-corrected chi connectivity index (χ3v) is 1.24. The van der Waals surface area contributed by atoms with Gasteiger partial charge in [0, 0.05) is 0 Å². The molecular formula is C9H18O. The summed E-state index contributed by atoms with van der Waals surface area (Å²) in [7, 11) is 0. The predicted octanol–water partition coefficient (Wildman–Crippen LogP) is 2.36. The second-order valence-electron chi connectivity index (χ2n) is 3.70. The van der Waals surface area contributed by atoms with Gasteiger partial charge in [-0.1, -0.05) is 39.8 Å². The van der Waals surface area contributed by atoms with E-state index in [1.165, 1.54) is 0 Å². The van der Waals surface area contributed by atoms with E-state index in [0.29, 0.717) is 0 Å². The summed E-state index contributed by atoms with van der Waals surface area (Å²) in [4.78, 5) is 0. The van der Waals surface area contributed by atoms with Gasteiger partial charge in [0.1, 0.15) is 0 Å². The molecule has 1 heteroatoms. The van der Waals surface area contributed by atoms with Crippen LogP contribution in [0.5, 0.6) is 0 Å². The Hall–Kier alpha value is -0.300. The number of allylic oxidation sites excluding steroid dienone is 1. The molecule has 0 unspecified atom stereocenters. The molecule has 0 aromatic heterocycles. The van der Waals surface area contributed by atoms with Crippen LogP contribution in [0.4, 0.5) is 0 Å². The van der Waals surface area contributed by atoms with Crippen LogP contribution in [0.25, 0.3) is 0 Å². The molecule has 0 saturated heterocycles. The molecule has 0 aliphatic heterocycles. The lowest BCUT2D eigenvalue weighted by atomic mass is 9.95. The van der Waals surface area contributed by atoms with Crippen LogP contribution in [0.1, 0.15) is 34.1 Å². The zero-order valence-corrected chi connectivity index (χ0v) is 7.39. The molecule has 1 nitrogen and oxygen atoms in total. The third-order valence-electron chi connectivity index (χ3n) is 1.24. The van der Waals surface area contributed by atoms with E-state index in [1.807, 2.05) is 19.1 Å². The van der Waals surface area contributed by atoms with Crippen molar-refractivity contribution in [2.75, 3.05) is 0 Å². The average molecular weight is 142 g/mol. The molecule has 0 aromatic carbocycles. The first-order valence-corrected chi connectivity index (χ1v) is 3.83. The number of aliphatic hydroxyl groups is 1. The van der Waals surface area contributed by atoms with E-state index < -0.39 is 0 Å². The minimum Gasteiger partial charge on any atom is -0.389 e. The fourth-order valence-corrected chi connectivity index (χ4v) is 0.536. The van der Waals surface area contributed by atoms with E-state index in [0.717, 1.165) is 6.42 Å². The van der Waals surface area contributed by atoms with Crippen LogP contribution in [-0.2, 0) is 0 Å². The van der Waals surface area contributed by atoms with Crippen molar-refractivity contribution < 1.29 is 5.11 Å². The third kappa shape index (κ3) is 5.83. The molecule has 1 N–H and O–H groups in total. The van der Waals surface area contributed by atoms with Crippen LogP contribution in [0.2, 0.25) is 0 Å². The smallest absolute Gasteiger partial charge is 0.0718 e. The van der Waals surface area contributed by atoms with E-state index in [2.05, 4.69) is 20.8 Å². The van der Waals surface area contributed by atoms with E-state index in [-0.39, 0.29) is 11.5 Å². The van der Waals surface area contributed by atoms with Gasteiger partial charge in [-0.15, -0.1) is 0 Å². The minimum atomic E-state index is -0.265. The van der Waals surface area contributed by atoms with Crippen molar-refractivity contribution in [2.24, 2.45) is 5.41 Å². The summed E-state index contributed by atoms with van der Waals surface area (Å²) in [6, 6.07) is 0. The Balaban J connectivity index is 3.75. The Morgan fingerprint density at radius 2 is 1.90 bits per heavy atom. The molecule has 0 aliphatic rings. The average Bonchev–Trinajstić information content (AvgIpc) is 1.81. The van der Waals surface area contributed by atoms with E-state index in [9.17, 15) is 0 Å². The molecule has 10 heavy (non-hydrogen) atoms. The zero-order chi connectivity index (χ0) is 8.20. The molecule has 0 aliphatic carbocycles. The van der Waals surface area contributed by atoms with E-state index in [1.54, 1.807) is 0 Å². The fraction of sp³-hybridized carbons (Fsp3) is 0.778. The summed E-state index contributed by atoms with van der Waals surface area (Å²) in [6.07, 6.45) is 4.44. The summed E-state index contributed by atoms with van der Waals surface area (Å²) < 4.78 is 0. The molecule has 60 valence electrons. The van der Waals surface area contributed by atoms with Crippen molar-refractivity contribution in [3.05, 3.63) is 12.2 Å². The topological polar surface area (TPSA) is 20.2 Å². The monoisotopic (exact) mass is 142 g/mol. The van der Waals surface area contributed by atoms with Gasteiger partial charge in [0.2, 0.25) is 0 Å². The normalized spacial score (nSPS) is 16.1. The Bertz CT molecular complexity index is 108. The van der Waals surface area contributed by atoms with Crippen LogP contribution in [0.3, 0.4) is 0 Å². The van der Waals surface area contributed by atoms with Gasteiger partial charge < -0.3 is 5.11 Å². The van der Waals surface area contributed by atoms with Crippen molar-refractivity contribution in [1.82, 2.24) is 0 Å². The van der Waals surface area contributed by atoms with E-state index >= 15 is 0 Å². The summed E-state index contributed by atoms with van der Waals surface area (Å²) in [5.41, 5.74) is 0.191. The molecule has 0 bridgehead atoms. The molecule has 0 spiro atoms. The van der Waals surface area contributed by atoms with Gasteiger partial charge >= 0.3 is 0 Å². The number of aliphatic hydroxyl groups excluding tert-OH is 1. The molecule has 1 atom stereocenters. The Labute approximate surface area is 63.8 Å². The first-order chi connectivity index (χ1) is 4.45. The molecule has 0 fully saturated rings. The van der Waals surface area contributed by atoms with Crippen LogP contribution in [-0.4, -0.2) is 11.2 Å². The molecule has 0 aromatic rings. The molecular weight excluding hydrogens is 124 g/mol. The van der Waals surface area contributed by atoms with Gasteiger partial charge in [-0.3, -0.25) is 0 Å². The second-order valence-corrected chi connectivity index (χ2v) is 3.70. The molecule has 0 saturated carbocycles. The van der Waals surface area contributed by atoms with Gasteiger partial charge in [-0.05, 0) is 11.8 Å². The van der Waals surface area contributed by atoms with Crippen molar-refractivity contribution >= 4 is 0 Å². The summed E-state index contributed by atoms with van der Waals surface area (Å²) in [5, 5.41) is 9.13. The predicted molar refractivity (Wildman–Crippen MR) is 44.9 cm³/mol. The lowest BCUT2D eigenvalue weighted by molar-refractivity contribution is 0.217. The summed E-state index contributed by atoms with van der Waals surface area (Å²) in [5.74, 6) is 0. The van der Waals surface area contributed by atoms with Gasteiger partial charge in [0.05, 0.1) is 6.10 Å². The van der Waals surface area contributed by atoms with Crippen LogP contribution < -0.4 is 0 Å². The molecule has 0 amide bonds. The Morgan fingerprint density at radius 3 is 2.20 bits per heavy atom. The highest BCUT2D eigenvalue weighted by Gasteiger charge is 2.04. The molecule has 0 radical (unpaired) electrons. The maximum atomic E-state index is 9.13. The Kier molecular flexibility index (Phi) is 3.66. The number of hydrogen-bond donors (Lipinski definition) is 1. The first kappa shape index (κ1) is 9.70. The molecule has 0 heterocycles. The minimum absolute atomic E-state index is 0.191. The number of hydrogen-bond acceptors (Lipinski definition) is 1. The van der Waals surface area contributed by atoms with Crippen LogP contribution in [0.15, 0.2) is 12.2 Å². The highest BCUT2D eigenvalue weighted by molar-refractivity contribution is 4.95. The molecule has 0 rings (SSSR count). The Morgan fingerprint density at radius 1 is 1.40 bits per heavy atom. The van der Waals surface area contributed by atoms with Gasteiger partial charge in [-0.25, -0.2) is 0 Å². The lowest BCUT2D eigenvalue weighted by Gasteiger charge is -2.12. The van der Waals surface area contributed by atoms with Crippen molar-refractivity contribution in [2.45, 2.75) is 40.2 Å². The van der Waals surface area contributed by atoms with Crippen LogP contribution >= 0.6 is 0 Å². The maximum Gasteiger partial charge on any atom is 0.0718 e. The van der Waals surface area contributed by atoms with Crippen molar-refractivity contribution in [3.63, 3.8) is 0 Å². The van der Waals surface area contributed by atoms with Crippen molar-refractivity contribution in [1.29, 1.82) is 0 Å². The SMILES string of the molecule is CC[C@@H](O)/C=C/C(C)(C)C. The fourth-order valence-electron chi connectivity index (χ4n) is 0.536. The number of rotatable bonds is 2. The van der Waals surface area contributed by atoms with Gasteiger partial charge in [0.15, 0.2) is 0 Å². The second kappa shape index (κ2) is 3.77. The highest BCUT2D eigenvalue weighted by Crippen LogP contribution is 2.14. The van der Waals surface area contributed by atoms with E-state index in [4.69, 9.17) is 5.11 Å². The largest absolute Gasteiger partial charge is 0.389 e. The van der Waals surface area contributed by atoms with Gasteiger partial charge in [-0.2, -0.15) is 0 Å². The first-order valence-electron chi connectivity index (χ1n) is 3.83. The maximum absolute atomic E-state index is 9.13. The summed E-state index contributed by atoms with van der Waals surface area (Å²) >= 11 is 0. The van der Waals surface area contributed by atoms with Crippen LogP contribution in [0, 0.1) is 5.41 Å². The van der Waals surface area contributed by atoms with Crippen molar-refractivity contribution in [3.8, 4) is 0 Å². The quantitative estimate of drug-likeness (QED) is 0.587. The lowest BCUT2D eigenvalue weighted by Crippen LogP contribution is -2.04. The standard InChI is InChI=1S/C9H18O/c1-5-8(10)6-7-9(2,3)4/h6-8,10H,5H2,1-4H3/b7-6+/t8-/m1/s1. The summed E-state index contributed by atoms with van der Waals surface area (Å²) in [6.45, 7) is 8.32. The zero-order valence-electron chi connectivity index (χ0n) is 7.39. The highest BCUT2D eigenvalue weighted by atomic mass is 16.3. The van der Waals surface area contributed by atoms with Gasteiger partial charge in [0.25, 0.3) is 0 Å².